The summed E-state index contributed by atoms with van der Waals surface area (Å²) in [7, 11) is 0. The van der Waals surface area contributed by atoms with E-state index >= 15 is 0 Å². The molecule has 0 unspecified atom stereocenters. The van der Waals surface area contributed by atoms with Crippen molar-refractivity contribution in [2.45, 2.75) is 45.6 Å². The van der Waals surface area contributed by atoms with Gasteiger partial charge in [-0.15, -0.1) is 0 Å². The third-order valence-electron chi connectivity index (χ3n) is 3.89. The minimum Gasteiger partial charge on any atom is -0.380 e. The third-order valence-corrected chi connectivity index (χ3v) is 3.89. The lowest BCUT2D eigenvalue weighted by Crippen LogP contribution is -2.45. The number of hydrogen-bond acceptors (Lipinski definition) is 2. The van der Waals surface area contributed by atoms with Crippen LogP contribution in [0.4, 0.5) is 14.5 Å². The van der Waals surface area contributed by atoms with Crippen molar-refractivity contribution in [2.75, 3.05) is 11.9 Å². The highest BCUT2D eigenvalue weighted by Crippen LogP contribution is 2.39. The first-order chi connectivity index (χ1) is 9.85. The first kappa shape index (κ1) is 15.7. The van der Waals surface area contributed by atoms with Gasteiger partial charge in [0.2, 0.25) is 0 Å². The van der Waals surface area contributed by atoms with E-state index in [-0.39, 0.29) is 16.8 Å². The number of rotatable bonds is 6. The third kappa shape index (κ3) is 3.71. The van der Waals surface area contributed by atoms with E-state index in [0.29, 0.717) is 12.5 Å². The zero-order valence-electron chi connectivity index (χ0n) is 12.7. The van der Waals surface area contributed by atoms with Gasteiger partial charge in [-0.3, -0.25) is 4.79 Å². The van der Waals surface area contributed by atoms with Crippen LogP contribution in [0.3, 0.4) is 0 Å². The first-order valence-electron chi connectivity index (χ1n) is 7.40. The maximum absolute atomic E-state index is 13.9. The highest BCUT2D eigenvalue weighted by molar-refractivity contribution is 5.95. The molecule has 116 valence electrons. The summed E-state index contributed by atoms with van der Waals surface area (Å²) in [5.74, 6) is -1.47. The van der Waals surface area contributed by atoms with Crippen LogP contribution in [0.1, 0.15) is 50.4 Å². The Bertz CT molecular complexity index is 516. The first-order valence-corrected chi connectivity index (χ1v) is 7.40. The van der Waals surface area contributed by atoms with Crippen LogP contribution in [0.2, 0.25) is 0 Å². The smallest absolute Gasteiger partial charge is 0.251 e. The fourth-order valence-electron chi connectivity index (χ4n) is 2.39. The average molecular weight is 296 g/mol. The summed E-state index contributed by atoms with van der Waals surface area (Å²) in [5.41, 5.74) is -0.501. The van der Waals surface area contributed by atoms with E-state index in [1.54, 1.807) is 0 Å². The molecule has 0 saturated heterocycles. The summed E-state index contributed by atoms with van der Waals surface area (Å²) in [4.78, 5) is 12.2. The number of anilines is 1. The second-order valence-corrected chi connectivity index (χ2v) is 6.19. The molecule has 3 nitrogen and oxygen atoms in total. The molecule has 21 heavy (non-hydrogen) atoms. The lowest BCUT2D eigenvalue weighted by Gasteiger charge is -2.26. The fourth-order valence-corrected chi connectivity index (χ4v) is 2.39. The van der Waals surface area contributed by atoms with E-state index in [0.717, 1.165) is 31.4 Å². The van der Waals surface area contributed by atoms with Gasteiger partial charge in [-0.1, -0.05) is 6.92 Å². The molecule has 0 spiro atoms. The molecular weight excluding hydrogens is 274 g/mol. The summed E-state index contributed by atoms with van der Waals surface area (Å²) in [6.07, 6.45) is 2.92. The highest BCUT2D eigenvalue weighted by Gasteiger charge is 2.39. The molecule has 1 saturated carbocycles. The van der Waals surface area contributed by atoms with Crippen molar-refractivity contribution in [2.24, 2.45) is 5.92 Å². The van der Waals surface area contributed by atoms with Gasteiger partial charge in [0.05, 0.1) is 0 Å². The Morgan fingerprint density at radius 2 is 1.86 bits per heavy atom. The molecule has 1 aliphatic carbocycles. The number of halogens is 2. The van der Waals surface area contributed by atoms with E-state index in [1.165, 1.54) is 0 Å². The van der Waals surface area contributed by atoms with Crippen LogP contribution in [-0.4, -0.2) is 18.0 Å². The second kappa shape index (κ2) is 6.00. The van der Waals surface area contributed by atoms with Gasteiger partial charge in [0, 0.05) is 17.6 Å². The fraction of sp³-hybridized carbons (Fsp3) is 0.562. The van der Waals surface area contributed by atoms with E-state index in [2.05, 4.69) is 10.6 Å². The maximum Gasteiger partial charge on any atom is 0.251 e. The van der Waals surface area contributed by atoms with Crippen LogP contribution in [0, 0.1) is 17.6 Å². The maximum atomic E-state index is 13.9. The molecule has 1 aliphatic rings. The molecule has 0 aliphatic heterocycles. The Kier molecular flexibility index (Phi) is 4.49. The molecule has 1 aromatic rings. The average Bonchev–Trinajstić information content (AvgIpc) is 3.21. The number of carbonyl (C=O) groups is 1. The summed E-state index contributed by atoms with van der Waals surface area (Å²) >= 11 is 0. The summed E-state index contributed by atoms with van der Waals surface area (Å²) in [6.45, 7) is 6.26. The van der Waals surface area contributed by atoms with Crippen LogP contribution in [-0.2, 0) is 0 Å². The topological polar surface area (TPSA) is 41.1 Å². The normalized spacial score (nSPS) is 14.9. The molecular formula is C16H22F2N2O. The monoisotopic (exact) mass is 296 g/mol. The van der Waals surface area contributed by atoms with Crippen LogP contribution in [0.25, 0.3) is 0 Å². The Labute approximate surface area is 124 Å². The zero-order chi connectivity index (χ0) is 15.6. The van der Waals surface area contributed by atoms with E-state index in [4.69, 9.17) is 0 Å². The lowest BCUT2D eigenvalue weighted by molar-refractivity contribution is 0.0902. The van der Waals surface area contributed by atoms with Gasteiger partial charge < -0.3 is 10.6 Å². The van der Waals surface area contributed by atoms with Crippen molar-refractivity contribution in [3.63, 3.8) is 0 Å². The van der Waals surface area contributed by atoms with E-state index in [9.17, 15) is 13.6 Å². The van der Waals surface area contributed by atoms with Gasteiger partial charge in [0.15, 0.2) is 0 Å². The predicted octanol–water partition coefficient (Wildman–Crippen LogP) is 3.71. The number of nitrogens with one attached hydrogen (secondary N) is 2. The highest BCUT2D eigenvalue weighted by atomic mass is 19.1. The lowest BCUT2D eigenvalue weighted by atomic mass is 9.98. The quantitative estimate of drug-likeness (QED) is 0.840. The Hall–Kier alpha value is -1.65. The molecule has 1 fully saturated rings. The molecule has 0 atom stereocenters. The largest absolute Gasteiger partial charge is 0.380 e. The van der Waals surface area contributed by atoms with E-state index < -0.39 is 17.5 Å². The van der Waals surface area contributed by atoms with Crippen LogP contribution in [0.5, 0.6) is 0 Å². The zero-order valence-corrected chi connectivity index (χ0v) is 12.7. The van der Waals surface area contributed by atoms with Gasteiger partial charge in [-0.05, 0) is 51.2 Å². The van der Waals surface area contributed by atoms with Gasteiger partial charge >= 0.3 is 0 Å². The van der Waals surface area contributed by atoms with Crippen LogP contribution >= 0.6 is 0 Å². The molecule has 0 aromatic heterocycles. The molecule has 2 N–H and O–H groups in total. The minimum absolute atomic E-state index is 0.0146. The van der Waals surface area contributed by atoms with Gasteiger partial charge in [0.25, 0.3) is 5.91 Å². The van der Waals surface area contributed by atoms with Gasteiger partial charge in [0.1, 0.15) is 17.3 Å². The molecule has 1 aromatic carbocycles. The van der Waals surface area contributed by atoms with Crippen molar-refractivity contribution < 1.29 is 13.6 Å². The van der Waals surface area contributed by atoms with Crippen molar-refractivity contribution in [3.05, 3.63) is 29.3 Å². The van der Waals surface area contributed by atoms with Crippen molar-refractivity contribution in [1.82, 2.24) is 5.32 Å². The predicted molar refractivity (Wildman–Crippen MR) is 79.4 cm³/mol. The van der Waals surface area contributed by atoms with Gasteiger partial charge in [-0.2, -0.15) is 0 Å². The minimum atomic E-state index is -0.738. The van der Waals surface area contributed by atoms with Crippen LogP contribution < -0.4 is 10.6 Å². The molecule has 5 heteroatoms. The Morgan fingerprint density at radius 3 is 2.33 bits per heavy atom. The van der Waals surface area contributed by atoms with E-state index in [1.807, 2.05) is 20.8 Å². The van der Waals surface area contributed by atoms with Gasteiger partial charge in [-0.25, -0.2) is 8.78 Å². The second-order valence-electron chi connectivity index (χ2n) is 6.19. The molecule has 0 heterocycles. The molecule has 0 bridgehead atoms. The number of amides is 1. The molecule has 0 radical (unpaired) electrons. The Balaban J connectivity index is 2.14. The molecule has 2 rings (SSSR count). The summed E-state index contributed by atoms with van der Waals surface area (Å²) in [6, 6.07) is 2.17. The van der Waals surface area contributed by atoms with Crippen LogP contribution in [0.15, 0.2) is 12.1 Å². The summed E-state index contributed by atoms with van der Waals surface area (Å²) in [5, 5.41) is 5.55. The standard InChI is InChI=1S/C16H22F2N2O/c1-4-7-19-14-12(17)8-10(9-13(14)18)15(21)20-16(2,3)11-5-6-11/h8-9,11,19H,4-7H2,1-3H3,(H,20,21). The van der Waals surface area contributed by atoms with Crippen molar-refractivity contribution in [1.29, 1.82) is 0 Å². The Morgan fingerprint density at radius 1 is 1.29 bits per heavy atom. The number of hydrogen-bond donors (Lipinski definition) is 2. The van der Waals surface area contributed by atoms with Crippen molar-refractivity contribution in [3.8, 4) is 0 Å². The summed E-state index contributed by atoms with van der Waals surface area (Å²) < 4.78 is 27.8. The SMILES string of the molecule is CCCNc1c(F)cc(C(=O)NC(C)(C)C2CC2)cc1F. The molecule has 1 amide bonds. The number of benzene rings is 1. The number of carbonyl (C=O) groups excluding carboxylic acids is 1. The van der Waals surface area contributed by atoms with Crippen molar-refractivity contribution >= 4 is 11.6 Å².